The van der Waals surface area contributed by atoms with E-state index in [2.05, 4.69) is 37.7 Å². The fourth-order valence-corrected chi connectivity index (χ4v) is 8.02. The van der Waals surface area contributed by atoms with Gasteiger partial charge in [-0.1, -0.05) is 12.1 Å². The van der Waals surface area contributed by atoms with Crippen LogP contribution < -0.4 is 20.1 Å². The maximum absolute atomic E-state index is 13.8. The third-order valence-electron chi connectivity index (χ3n) is 10.8. The maximum Gasteiger partial charge on any atom is 0.267 e. The van der Waals surface area contributed by atoms with Gasteiger partial charge >= 0.3 is 0 Å². The Balaban J connectivity index is 0.828. The Morgan fingerprint density at radius 3 is 2.57 bits per heavy atom. The molecule has 276 valence electrons. The van der Waals surface area contributed by atoms with Gasteiger partial charge in [-0.05, 0) is 107 Å². The second-order valence-corrected chi connectivity index (χ2v) is 15.0. The zero-order valence-corrected chi connectivity index (χ0v) is 30.2. The molecular formula is C40H46N8O5. The molecule has 0 spiro atoms. The van der Waals surface area contributed by atoms with E-state index in [-0.39, 0.29) is 29.9 Å². The average Bonchev–Trinajstić information content (AvgIpc) is 3.78. The number of carbonyl (C=O) groups is 3. The number of amides is 3. The molecule has 13 heteroatoms. The average molecular weight is 719 g/mol. The standard InChI is InChI=1S/C40H46N8O5/c1-25(2)52-36-21-33-29(24-48(45-33)34-22-42-47-17-3-16-41-38(34)47)20-32(36)39(50)43-30-8-4-26(5-9-30)23-46-18-14-28(15-19-46)27-6-10-31(11-7-27)53-35-12-13-37(49)44-40(35)51/h3,6-7,10-11,16-17,20-22,24-26,28,30,35H,4-5,8-9,12-15,18-19,23H2,1-2H3,(H,43,50)(H,44,49,51). The van der Waals surface area contributed by atoms with Crippen molar-refractivity contribution < 1.29 is 23.9 Å². The van der Waals surface area contributed by atoms with E-state index >= 15 is 0 Å². The quantitative estimate of drug-likeness (QED) is 0.186. The Hall–Kier alpha value is -5.30. The summed E-state index contributed by atoms with van der Waals surface area (Å²) in [6.07, 6.45) is 13.5. The predicted molar refractivity (Wildman–Crippen MR) is 198 cm³/mol. The summed E-state index contributed by atoms with van der Waals surface area (Å²) in [7, 11) is 0. The number of aromatic nitrogens is 5. The van der Waals surface area contributed by atoms with Gasteiger partial charge in [0.25, 0.3) is 11.8 Å². The summed E-state index contributed by atoms with van der Waals surface area (Å²) in [6, 6.07) is 13.8. The van der Waals surface area contributed by atoms with Crippen molar-refractivity contribution in [3.63, 3.8) is 0 Å². The second kappa shape index (κ2) is 15.0. The largest absolute Gasteiger partial charge is 0.490 e. The molecule has 2 aliphatic heterocycles. The van der Waals surface area contributed by atoms with E-state index in [4.69, 9.17) is 14.6 Å². The van der Waals surface area contributed by atoms with Gasteiger partial charge < -0.3 is 19.7 Å². The summed E-state index contributed by atoms with van der Waals surface area (Å²) < 4.78 is 15.5. The Kier molecular flexibility index (Phi) is 9.82. The highest BCUT2D eigenvalue weighted by molar-refractivity contribution is 6.01. The summed E-state index contributed by atoms with van der Waals surface area (Å²) in [6.45, 7) is 7.16. The predicted octanol–water partition coefficient (Wildman–Crippen LogP) is 5.21. The number of piperidine rings is 2. The van der Waals surface area contributed by atoms with Crippen LogP contribution in [0.4, 0.5) is 0 Å². The van der Waals surface area contributed by atoms with Gasteiger partial charge in [0.1, 0.15) is 17.2 Å². The van der Waals surface area contributed by atoms with E-state index in [0.29, 0.717) is 47.4 Å². The molecular weight excluding hydrogens is 672 g/mol. The molecule has 2 aromatic carbocycles. The van der Waals surface area contributed by atoms with Crippen molar-refractivity contribution in [1.29, 1.82) is 0 Å². The van der Waals surface area contributed by atoms with Crippen molar-refractivity contribution in [2.24, 2.45) is 5.92 Å². The lowest BCUT2D eigenvalue weighted by atomic mass is 9.84. The van der Waals surface area contributed by atoms with Crippen molar-refractivity contribution in [3.05, 3.63) is 78.4 Å². The van der Waals surface area contributed by atoms with Gasteiger partial charge in [0, 0.05) is 55.5 Å². The van der Waals surface area contributed by atoms with E-state index in [1.807, 2.05) is 56.6 Å². The summed E-state index contributed by atoms with van der Waals surface area (Å²) in [4.78, 5) is 44.3. The zero-order valence-electron chi connectivity index (χ0n) is 30.2. The highest BCUT2D eigenvalue weighted by Gasteiger charge is 2.30. The van der Waals surface area contributed by atoms with Crippen molar-refractivity contribution in [3.8, 4) is 17.2 Å². The van der Waals surface area contributed by atoms with Crippen LogP contribution in [0.2, 0.25) is 0 Å². The first-order chi connectivity index (χ1) is 25.8. The Labute approximate surface area is 308 Å². The first-order valence-corrected chi connectivity index (χ1v) is 18.9. The number of nitrogens with one attached hydrogen (secondary N) is 2. The fourth-order valence-electron chi connectivity index (χ4n) is 8.02. The Morgan fingerprint density at radius 1 is 1.02 bits per heavy atom. The lowest BCUT2D eigenvalue weighted by molar-refractivity contribution is -0.138. The minimum absolute atomic E-state index is 0.0996. The number of hydrogen-bond acceptors (Lipinski definition) is 9. The SMILES string of the molecule is CC(C)Oc1cc2nn(-c3cnn4cccnc34)cc2cc1C(=O)NC1CCC(CN2CCC(c3ccc(OC4CCC(=O)NC4=O)cc3)CC2)CC1. The topological polar surface area (TPSA) is 145 Å². The molecule has 1 unspecified atom stereocenters. The number of nitrogens with zero attached hydrogens (tertiary/aromatic N) is 6. The monoisotopic (exact) mass is 718 g/mol. The summed E-state index contributed by atoms with van der Waals surface area (Å²) in [5.41, 5.74) is 4.00. The first-order valence-electron chi connectivity index (χ1n) is 18.9. The molecule has 5 heterocycles. The summed E-state index contributed by atoms with van der Waals surface area (Å²) >= 11 is 0. The molecule has 2 N–H and O–H groups in total. The van der Waals surface area contributed by atoms with Crippen LogP contribution in [0.1, 0.15) is 87.1 Å². The lowest BCUT2D eigenvalue weighted by Gasteiger charge is -2.37. The van der Waals surface area contributed by atoms with E-state index in [1.165, 1.54) is 5.56 Å². The Bertz CT molecular complexity index is 2110. The third-order valence-corrected chi connectivity index (χ3v) is 10.8. The van der Waals surface area contributed by atoms with Gasteiger partial charge in [-0.15, -0.1) is 0 Å². The van der Waals surface area contributed by atoms with Crippen LogP contribution in [0.25, 0.3) is 22.2 Å². The van der Waals surface area contributed by atoms with Crippen LogP contribution in [0.3, 0.4) is 0 Å². The lowest BCUT2D eigenvalue weighted by Crippen LogP contribution is -2.46. The van der Waals surface area contributed by atoms with E-state index in [0.717, 1.165) is 74.7 Å². The van der Waals surface area contributed by atoms with Crippen molar-refractivity contribution in [2.45, 2.75) is 89.4 Å². The number of likely N-dealkylation sites (tertiary alicyclic amines) is 1. The number of ether oxygens (including phenoxy) is 2. The molecule has 0 bridgehead atoms. The van der Waals surface area contributed by atoms with Gasteiger partial charge in [0.15, 0.2) is 11.8 Å². The highest BCUT2D eigenvalue weighted by atomic mass is 16.5. The number of benzene rings is 2. The van der Waals surface area contributed by atoms with Crippen LogP contribution in [-0.2, 0) is 9.59 Å². The molecule has 8 rings (SSSR count). The number of hydrogen-bond donors (Lipinski definition) is 2. The molecule has 53 heavy (non-hydrogen) atoms. The smallest absolute Gasteiger partial charge is 0.267 e. The summed E-state index contributed by atoms with van der Waals surface area (Å²) in [5.74, 6) is 1.59. The number of rotatable bonds is 10. The van der Waals surface area contributed by atoms with Crippen LogP contribution in [0.5, 0.6) is 11.5 Å². The van der Waals surface area contributed by atoms with Crippen LogP contribution in [0, 0.1) is 5.92 Å². The molecule has 1 saturated carbocycles. The molecule has 2 saturated heterocycles. The molecule has 1 atom stereocenters. The molecule has 3 aliphatic rings. The van der Waals surface area contributed by atoms with Crippen LogP contribution in [0.15, 0.2) is 67.3 Å². The molecule has 0 radical (unpaired) electrons. The van der Waals surface area contributed by atoms with Gasteiger partial charge in [0.05, 0.1) is 23.4 Å². The first kappa shape index (κ1) is 34.8. The summed E-state index contributed by atoms with van der Waals surface area (Å²) in [5, 5.41) is 15.7. The van der Waals surface area contributed by atoms with Gasteiger partial charge in [-0.2, -0.15) is 10.2 Å². The van der Waals surface area contributed by atoms with Gasteiger partial charge in [0.2, 0.25) is 5.91 Å². The fraction of sp³-hybridized carbons (Fsp3) is 0.450. The maximum atomic E-state index is 13.8. The minimum Gasteiger partial charge on any atom is -0.490 e. The normalized spacial score (nSPS) is 21.6. The van der Waals surface area contributed by atoms with Crippen molar-refractivity contribution in [1.82, 2.24) is 39.9 Å². The van der Waals surface area contributed by atoms with Crippen molar-refractivity contribution >= 4 is 34.3 Å². The number of imide groups is 1. The minimum atomic E-state index is -0.619. The molecule has 3 aromatic heterocycles. The van der Waals surface area contributed by atoms with E-state index in [9.17, 15) is 14.4 Å². The highest BCUT2D eigenvalue weighted by Crippen LogP contribution is 2.33. The van der Waals surface area contributed by atoms with Crippen LogP contribution >= 0.6 is 0 Å². The molecule has 3 amide bonds. The third kappa shape index (κ3) is 7.75. The molecule has 13 nitrogen and oxygen atoms in total. The number of carbonyl (C=O) groups excluding carboxylic acids is 3. The van der Waals surface area contributed by atoms with Crippen molar-refractivity contribution in [2.75, 3.05) is 19.6 Å². The van der Waals surface area contributed by atoms with E-state index in [1.54, 1.807) is 21.6 Å². The van der Waals surface area contributed by atoms with E-state index < -0.39 is 6.10 Å². The second-order valence-electron chi connectivity index (χ2n) is 15.0. The number of fused-ring (bicyclic) bond motifs is 2. The zero-order chi connectivity index (χ0) is 36.5. The van der Waals surface area contributed by atoms with Gasteiger partial charge in [-0.25, -0.2) is 14.2 Å². The molecule has 5 aromatic rings. The van der Waals surface area contributed by atoms with Crippen LogP contribution in [-0.4, -0.2) is 84.9 Å². The van der Waals surface area contributed by atoms with Gasteiger partial charge in [-0.3, -0.25) is 19.7 Å². The Morgan fingerprint density at radius 2 is 1.81 bits per heavy atom. The molecule has 3 fully saturated rings. The molecule has 1 aliphatic carbocycles.